The van der Waals surface area contributed by atoms with Crippen LogP contribution in [-0.4, -0.2) is 32.7 Å². The number of benzene rings is 1. The lowest BCUT2D eigenvalue weighted by molar-refractivity contribution is -0.122. The van der Waals surface area contributed by atoms with Gasteiger partial charge in [-0.1, -0.05) is 37.3 Å². The van der Waals surface area contributed by atoms with Crippen molar-refractivity contribution in [3.63, 3.8) is 0 Å². The molecule has 0 spiro atoms. The van der Waals surface area contributed by atoms with Gasteiger partial charge in [0.25, 0.3) is 0 Å². The topological polar surface area (TPSA) is 72.7 Å². The van der Waals surface area contributed by atoms with E-state index in [1.165, 1.54) is 4.80 Å². The van der Waals surface area contributed by atoms with Gasteiger partial charge >= 0.3 is 0 Å². The Morgan fingerprint density at radius 2 is 2.11 bits per heavy atom. The van der Waals surface area contributed by atoms with Crippen LogP contribution in [0.2, 0.25) is 0 Å². The van der Waals surface area contributed by atoms with Crippen molar-refractivity contribution in [1.82, 2.24) is 25.5 Å². The summed E-state index contributed by atoms with van der Waals surface area (Å²) in [6, 6.07) is 9.54. The Labute approximate surface area is 105 Å². The second kappa shape index (κ2) is 5.90. The lowest BCUT2D eigenvalue weighted by Crippen LogP contribution is -2.29. The first kappa shape index (κ1) is 12.2. The molecule has 1 heterocycles. The molecule has 0 aliphatic heterocycles. The average Bonchev–Trinajstić information content (AvgIpc) is 2.86. The standard InChI is InChI=1S/C12H15N5O/c1-2-8-13-11(18)9-17-15-12(14-16-17)10-6-4-3-5-7-10/h3-7H,2,8-9H2,1H3,(H,13,18). The van der Waals surface area contributed by atoms with Crippen molar-refractivity contribution in [1.29, 1.82) is 0 Å². The highest BCUT2D eigenvalue weighted by molar-refractivity contribution is 5.75. The van der Waals surface area contributed by atoms with Crippen LogP contribution in [0.15, 0.2) is 30.3 Å². The SMILES string of the molecule is CCCNC(=O)Cn1nnc(-c2ccccc2)n1. The summed E-state index contributed by atoms with van der Waals surface area (Å²) in [7, 11) is 0. The summed E-state index contributed by atoms with van der Waals surface area (Å²) in [5.41, 5.74) is 0.887. The second-order valence-electron chi connectivity index (χ2n) is 3.86. The Morgan fingerprint density at radius 1 is 1.33 bits per heavy atom. The molecule has 1 amide bonds. The number of hydrogen-bond donors (Lipinski definition) is 1. The first-order valence-corrected chi connectivity index (χ1v) is 5.89. The van der Waals surface area contributed by atoms with Crippen LogP contribution in [0, 0.1) is 0 Å². The predicted octanol–water partition coefficient (Wildman–Crippen LogP) is 0.866. The molecule has 0 saturated heterocycles. The number of nitrogens with one attached hydrogen (secondary N) is 1. The Hall–Kier alpha value is -2.24. The lowest BCUT2D eigenvalue weighted by atomic mass is 10.2. The van der Waals surface area contributed by atoms with Crippen molar-refractivity contribution >= 4 is 5.91 Å². The number of rotatable bonds is 5. The van der Waals surface area contributed by atoms with E-state index in [-0.39, 0.29) is 12.5 Å². The molecule has 0 aliphatic rings. The first-order chi connectivity index (χ1) is 8.79. The third-order valence-electron chi connectivity index (χ3n) is 2.34. The Kier molecular flexibility index (Phi) is 4.01. The van der Waals surface area contributed by atoms with Crippen LogP contribution in [0.1, 0.15) is 13.3 Å². The molecule has 0 bridgehead atoms. The monoisotopic (exact) mass is 245 g/mol. The second-order valence-corrected chi connectivity index (χ2v) is 3.86. The number of carbonyl (C=O) groups is 1. The van der Waals surface area contributed by atoms with Crippen molar-refractivity contribution in [2.45, 2.75) is 19.9 Å². The Balaban J connectivity index is 2.00. The molecule has 0 radical (unpaired) electrons. The fourth-order valence-electron chi connectivity index (χ4n) is 1.46. The summed E-state index contributed by atoms with van der Waals surface area (Å²) in [4.78, 5) is 12.8. The third kappa shape index (κ3) is 3.13. The molecule has 0 unspecified atom stereocenters. The highest BCUT2D eigenvalue weighted by Crippen LogP contribution is 2.11. The Bertz CT molecular complexity index is 508. The van der Waals surface area contributed by atoms with E-state index in [9.17, 15) is 4.79 Å². The van der Waals surface area contributed by atoms with Gasteiger partial charge in [-0.15, -0.1) is 10.2 Å². The summed E-state index contributed by atoms with van der Waals surface area (Å²) >= 11 is 0. The summed E-state index contributed by atoms with van der Waals surface area (Å²) in [6.45, 7) is 2.76. The molecule has 2 rings (SSSR count). The molecule has 0 saturated carbocycles. The van der Waals surface area contributed by atoms with Crippen molar-refractivity contribution in [3.05, 3.63) is 30.3 Å². The van der Waals surface area contributed by atoms with Gasteiger partial charge < -0.3 is 5.32 Å². The maximum Gasteiger partial charge on any atom is 0.243 e. The molecule has 2 aromatic rings. The molecule has 6 nitrogen and oxygen atoms in total. The molecule has 1 N–H and O–H groups in total. The van der Waals surface area contributed by atoms with E-state index >= 15 is 0 Å². The van der Waals surface area contributed by atoms with Crippen molar-refractivity contribution in [3.8, 4) is 11.4 Å². The number of tetrazole rings is 1. The number of amides is 1. The summed E-state index contributed by atoms with van der Waals surface area (Å²) in [5.74, 6) is 0.424. The highest BCUT2D eigenvalue weighted by atomic mass is 16.2. The number of nitrogens with zero attached hydrogens (tertiary/aromatic N) is 4. The van der Waals surface area contributed by atoms with Gasteiger partial charge in [0.05, 0.1) is 0 Å². The minimum atomic E-state index is -0.103. The number of hydrogen-bond acceptors (Lipinski definition) is 4. The summed E-state index contributed by atoms with van der Waals surface area (Å²) < 4.78 is 0. The molecular weight excluding hydrogens is 230 g/mol. The molecule has 18 heavy (non-hydrogen) atoms. The van der Waals surface area contributed by atoms with Crippen LogP contribution in [0.3, 0.4) is 0 Å². The predicted molar refractivity (Wildman–Crippen MR) is 66.6 cm³/mol. The average molecular weight is 245 g/mol. The van der Waals surface area contributed by atoms with Gasteiger partial charge in [-0.05, 0) is 11.6 Å². The molecule has 0 aliphatic carbocycles. The smallest absolute Gasteiger partial charge is 0.243 e. The third-order valence-corrected chi connectivity index (χ3v) is 2.34. The van der Waals surface area contributed by atoms with Gasteiger partial charge in [0.1, 0.15) is 6.54 Å². The fraction of sp³-hybridized carbons (Fsp3) is 0.333. The minimum absolute atomic E-state index is 0.0971. The summed E-state index contributed by atoms with van der Waals surface area (Å²) in [5, 5.41) is 14.7. The lowest BCUT2D eigenvalue weighted by Gasteiger charge is -2.01. The number of carbonyl (C=O) groups excluding carboxylic acids is 1. The van der Waals surface area contributed by atoms with E-state index in [0.717, 1.165) is 12.0 Å². The molecule has 6 heteroatoms. The minimum Gasteiger partial charge on any atom is -0.354 e. The first-order valence-electron chi connectivity index (χ1n) is 5.89. The highest BCUT2D eigenvalue weighted by Gasteiger charge is 2.08. The molecule has 94 valence electrons. The van der Waals surface area contributed by atoms with Gasteiger partial charge in [-0.3, -0.25) is 4.79 Å². The van der Waals surface area contributed by atoms with Crippen LogP contribution in [-0.2, 0) is 11.3 Å². The van der Waals surface area contributed by atoms with Crippen LogP contribution in [0.25, 0.3) is 11.4 Å². The molecular formula is C12H15N5O. The van der Waals surface area contributed by atoms with Crippen LogP contribution in [0.4, 0.5) is 0 Å². The van der Waals surface area contributed by atoms with Crippen molar-refractivity contribution in [2.75, 3.05) is 6.54 Å². The molecule has 1 aromatic heterocycles. The molecule has 1 aromatic carbocycles. The van der Waals surface area contributed by atoms with E-state index < -0.39 is 0 Å². The molecule has 0 atom stereocenters. The van der Waals surface area contributed by atoms with E-state index in [0.29, 0.717) is 12.4 Å². The van der Waals surface area contributed by atoms with Crippen LogP contribution >= 0.6 is 0 Å². The van der Waals surface area contributed by atoms with Crippen LogP contribution < -0.4 is 5.32 Å². The van der Waals surface area contributed by atoms with Gasteiger partial charge in [0.15, 0.2) is 0 Å². The fourth-order valence-corrected chi connectivity index (χ4v) is 1.46. The maximum atomic E-state index is 11.5. The van der Waals surface area contributed by atoms with Crippen LogP contribution in [0.5, 0.6) is 0 Å². The van der Waals surface area contributed by atoms with E-state index in [2.05, 4.69) is 20.7 Å². The zero-order valence-corrected chi connectivity index (χ0v) is 10.2. The summed E-state index contributed by atoms with van der Waals surface area (Å²) in [6.07, 6.45) is 0.909. The van der Waals surface area contributed by atoms with E-state index in [1.54, 1.807) is 0 Å². The normalized spacial score (nSPS) is 10.3. The Morgan fingerprint density at radius 3 is 2.83 bits per heavy atom. The van der Waals surface area contributed by atoms with Crippen molar-refractivity contribution < 1.29 is 4.79 Å². The van der Waals surface area contributed by atoms with Crippen molar-refractivity contribution in [2.24, 2.45) is 0 Å². The van der Waals surface area contributed by atoms with E-state index in [1.807, 2.05) is 37.3 Å². The number of aromatic nitrogens is 4. The maximum absolute atomic E-state index is 11.5. The zero-order valence-electron chi connectivity index (χ0n) is 10.2. The molecule has 0 fully saturated rings. The van der Waals surface area contributed by atoms with E-state index in [4.69, 9.17) is 0 Å². The van der Waals surface area contributed by atoms with Gasteiger partial charge in [0, 0.05) is 12.1 Å². The van der Waals surface area contributed by atoms with Gasteiger partial charge in [0.2, 0.25) is 11.7 Å². The zero-order chi connectivity index (χ0) is 12.8. The van der Waals surface area contributed by atoms with Gasteiger partial charge in [-0.2, -0.15) is 4.80 Å². The van der Waals surface area contributed by atoms with Gasteiger partial charge in [-0.25, -0.2) is 0 Å². The quantitative estimate of drug-likeness (QED) is 0.848. The largest absolute Gasteiger partial charge is 0.354 e.